The van der Waals surface area contributed by atoms with Gasteiger partial charge in [-0.1, -0.05) is 19.1 Å². The van der Waals surface area contributed by atoms with Crippen LogP contribution < -0.4 is 0 Å². The standard InChI is InChI=1S/C3H9B2F/c1-3(2,4)5-6/h5H,4H2,1-2H3. The zero-order chi connectivity index (χ0) is 5.21. The van der Waals surface area contributed by atoms with E-state index in [-0.39, 0.29) is 12.8 Å². The second-order valence-corrected chi connectivity index (χ2v) is 2.69. The maximum atomic E-state index is 11.5. The van der Waals surface area contributed by atoms with Gasteiger partial charge in [-0.3, -0.25) is 0 Å². The molecule has 0 heterocycles. The molecule has 0 aromatic heterocycles. The van der Waals surface area contributed by atoms with Crippen molar-refractivity contribution in [1.29, 1.82) is 0 Å². The van der Waals surface area contributed by atoms with Crippen molar-refractivity contribution in [2.75, 3.05) is 0 Å². The average Bonchev–Trinajstić information content (AvgIpc) is 1.35. The van der Waals surface area contributed by atoms with Crippen molar-refractivity contribution in [2.45, 2.75) is 19.1 Å². The van der Waals surface area contributed by atoms with Crippen LogP contribution in [0.1, 0.15) is 13.8 Å². The number of hydrogen-bond donors (Lipinski definition) is 0. The molecule has 0 nitrogen and oxygen atoms in total. The largest absolute Gasteiger partial charge is 0.342 e. The summed E-state index contributed by atoms with van der Waals surface area (Å²) in [4.78, 5) is 0. The zero-order valence-corrected chi connectivity index (χ0v) is 4.59. The molecule has 0 fully saturated rings. The quantitative estimate of drug-likeness (QED) is 0.396. The van der Waals surface area contributed by atoms with Crippen LogP contribution in [0.15, 0.2) is 0 Å². The molecule has 6 heavy (non-hydrogen) atoms. The van der Waals surface area contributed by atoms with E-state index in [2.05, 4.69) is 0 Å². The van der Waals surface area contributed by atoms with Crippen LogP contribution in [0.2, 0.25) is 5.21 Å². The van der Waals surface area contributed by atoms with E-state index in [4.69, 9.17) is 0 Å². The lowest BCUT2D eigenvalue weighted by atomic mass is 9.55. The highest BCUT2D eigenvalue weighted by Gasteiger charge is 2.10. The fourth-order valence-corrected chi connectivity index (χ4v) is 0. The second kappa shape index (κ2) is 1.67. The van der Waals surface area contributed by atoms with Gasteiger partial charge in [0.15, 0.2) is 0 Å². The van der Waals surface area contributed by atoms with E-state index in [9.17, 15) is 4.32 Å². The summed E-state index contributed by atoms with van der Waals surface area (Å²) in [5.74, 6) is 0. The van der Waals surface area contributed by atoms with Gasteiger partial charge in [0.1, 0.15) is 7.85 Å². The molecule has 0 aliphatic carbocycles. The second-order valence-electron chi connectivity index (χ2n) is 2.69. The molecule has 0 saturated carbocycles. The minimum Gasteiger partial charge on any atom is -0.342 e. The van der Waals surface area contributed by atoms with Gasteiger partial charge < -0.3 is 4.32 Å². The SMILES string of the molecule is BC(C)(C)BF. The third kappa shape index (κ3) is 4.06. The van der Waals surface area contributed by atoms with Crippen LogP contribution in [0.25, 0.3) is 0 Å². The summed E-state index contributed by atoms with van der Waals surface area (Å²) in [5.41, 5.74) is 0. The monoisotopic (exact) mass is 86.1 g/mol. The molecule has 0 N–H and O–H groups in total. The van der Waals surface area contributed by atoms with E-state index in [1.807, 2.05) is 21.7 Å². The van der Waals surface area contributed by atoms with Gasteiger partial charge in [0.2, 0.25) is 0 Å². The third-order valence-electron chi connectivity index (χ3n) is 0.401. The minimum atomic E-state index is -0.229. The Morgan fingerprint density at radius 1 is 1.67 bits per heavy atom. The molecule has 3 heteroatoms. The van der Waals surface area contributed by atoms with Crippen molar-refractivity contribution in [3.8, 4) is 0 Å². The van der Waals surface area contributed by atoms with Gasteiger partial charge in [-0.15, -0.1) is 0 Å². The lowest BCUT2D eigenvalue weighted by Gasteiger charge is -2.07. The molecule has 0 unspecified atom stereocenters. The molecule has 34 valence electrons. The van der Waals surface area contributed by atoms with Gasteiger partial charge >= 0.3 is 7.56 Å². The Morgan fingerprint density at radius 3 is 1.83 bits per heavy atom. The van der Waals surface area contributed by atoms with Gasteiger partial charge in [0, 0.05) is 0 Å². The summed E-state index contributed by atoms with van der Waals surface area (Å²) < 4.78 is 11.5. The molecule has 0 saturated heterocycles. The van der Waals surface area contributed by atoms with Crippen molar-refractivity contribution in [3.63, 3.8) is 0 Å². The molecule has 0 aromatic rings. The predicted molar refractivity (Wildman–Crippen MR) is 30.8 cm³/mol. The number of halogens is 1. The number of hydrogen-bond acceptors (Lipinski definition) is 0. The smallest absolute Gasteiger partial charge is 0.329 e. The lowest BCUT2D eigenvalue weighted by molar-refractivity contribution is 0.787. The summed E-state index contributed by atoms with van der Waals surface area (Å²) in [7, 11) is 1.64. The van der Waals surface area contributed by atoms with Crippen molar-refractivity contribution in [1.82, 2.24) is 0 Å². The molecule has 0 amide bonds. The Balaban J connectivity index is 3.17. The van der Waals surface area contributed by atoms with Gasteiger partial charge in [0.25, 0.3) is 0 Å². The molecule has 0 aliphatic rings. The Kier molecular flexibility index (Phi) is 1.69. The van der Waals surface area contributed by atoms with Crippen LogP contribution in [0.3, 0.4) is 0 Å². The van der Waals surface area contributed by atoms with Gasteiger partial charge in [-0.05, 0) is 0 Å². The fourth-order valence-electron chi connectivity index (χ4n) is 0. The summed E-state index contributed by atoms with van der Waals surface area (Å²) in [6.07, 6.45) is 0. The highest BCUT2D eigenvalue weighted by molar-refractivity contribution is 6.47. The fraction of sp³-hybridized carbons (Fsp3) is 1.00. The van der Waals surface area contributed by atoms with E-state index in [0.29, 0.717) is 0 Å². The van der Waals surface area contributed by atoms with E-state index in [1.165, 1.54) is 0 Å². The van der Waals surface area contributed by atoms with E-state index in [1.54, 1.807) is 0 Å². The zero-order valence-electron chi connectivity index (χ0n) is 4.59. The molecule has 0 bridgehead atoms. The van der Waals surface area contributed by atoms with E-state index in [0.717, 1.165) is 0 Å². The molecule has 0 aromatic carbocycles. The molecule has 0 atom stereocenters. The first-order chi connectivity index (χ1) is 2.56. The summed E-state index contributed by atoms with van der Waals surface area (Å²) >= 11 is 0. The Bertz CT molecular complexity index is 38.5. The first-order valence-corrected chi connectivity index (χ1v) is 2.12. The van der Waals surface area contributed by atoms with Gasteiger partial charge in [-0.25, -0.2) is 0 Å². The topological polar surface area (TPSA) is 0 Å². The van der Waals surface area contributed by atoms with Crippen molar-refractivity contribution >= 4 is 15.4 Å². The molecule has 0 aliphatic heterocycles. The predicted octanol–water partition coefficient (Wildman–Crippen LogP) is 0.0965. The van der Waals surface area contributed by atoms with Crippen LogP contribution in [0, 0.1) is 0 Å². The summed E-state index contributed by atoms with van der Waals surface area (Å²) in [6, 6.07) is 0. The van der Waals surface area contributed by atoms with Crippen molar-refractivity contribution in [2.24, 2.45) is 0 Å². The van der Waals surface area contributed by atoms with E-state index < -0.39 is 0 Å². The maximum Gasteiger partial charge on any atom is 0.329 e. The van der Waals surface area contributed by atoms with Crippen LogP contribution >= 0.6 is 0 Å². The molecule has 0 rings (SSSR count). The van der Waals surface area contributed by atoms with E-state index >= 15 is 0 Å². The molecular formula is C3H9B2F. The van der Waals surface area contributed by atoms with Crippen LogP contribution in [-0.2, 0) is 0 Å². The van der Waals surface area contributed by atoms with Crippen molar-refractivity contribution < 1.29 is 4.32 Å². The Hall–Kier alpha value is 0.0599. The van der Waals surface area contributed by atoms with Crippen LogP contribution in [-0.4, -0.2) is 15.4 Å². The lowest BCUT2D eigenvalue weighted by Crippen LogP contribution is -2.06. The Labute approximate surface area is 39.8 Å². The normalized spacial score (nSPS) is 11.2. The molecule has 0 radical (unpaired) electrons. The summed E-state index contributed by atoms with van der Waals surface area (Å²) in [5, 5.41) is -0.125. The minimum absolute atomic E-state index is 0.125. The van der Waals surface area contributed by atoms with Gasteiger partial charge in [-0.2, -0.15) is 0 Å². The highest BCUT2D eigenvalue weighted by atomic mass is 19.1. The van der Waals surface area contributed by atoms with Crippen LogP contribution in [0.5, 0.6) is 0 Å². The highest BCUT2D eigenvalue weighted by Crippen LogP contribution is 2.14. The molecular weight excluding hydrogens is 76.7 g/mol. The first kappa shape index (κ1) is 6.06. The van der Waals surface area contributed by atoms with Crippen LogP contribution in [0.4, 0.5) is 4.32 Å². The molecule has 0 spiro atoms. The number of rotatable bonds is 1. The van der Waals surface area contributed by atoms with Crippen molar-refractivity contribution in [3.05, 3.63) is 0 Å². The summed E-state index contributed by atoms with van der Waals surface area (Å²) in [6.45, 7) is 3.74. The average molecular weight is 85.7 g/mol. The first-order valence-electron chi connectivity index (χ1n) is 2.12. The third-order valence-corrected chi connectivity index (χ3v) is 0.401. The Morgan fingerprint density at radius 2 is 1.83 bits per heavy atom. The maximum absolute atomic E-state index is 11.5. The van der Waals surface area contributed by atoms with Gasteiger partial charge in [0.05, 0.1) is 0 Å².